The van der Waals surface area contributed by atoms with E-state index in [1.54, 1.807) is 36.8 Å². The fraction of sp³-hybridized carbons (Fsp3) is 0.125. The number of nitrogens with one attached hydrogen (secondary N) is 1. The van der Waals surface area contributed by atoms with E-state index in [0.29, 0.717) is 4.21 Å². The van der Waals surface area contributed by atoms with E-state index in [1.165, 1.54) is 11.3 Å². The lowest BCUT2D eigenvalue weighted by molar-refractivity contribution is 0.583. The molecule has 0 aliphatic heterocycles. The van der Waals surface area contributed by atoms with Crippen LogP contribution in [-0.4, -0.2) is 18.4 Å². The number of aryl methyl sites for hydroxylation is 1. The SMILES string of the molecule is Cc1ccc(S(=O)(=O)NCc2ccnc(-c3ccncc3)c2)s1. The second kappa shape index (κ2) is 6.57. The Bertz CT molecular complexity index is 906. The van der Waals surface area contributed by atoms with Crippen molar-refractivity contribution < 1.29 is 8.42 Å². The van der Waals surface area contributed by atoms with Gasteiger partial charge in [0.2, 0.25) is 10.0 Å². The van der Waals surface area contributed by atoms with Gasteiger partial charge < -0.3 is 0 Å². The molecule has 23 heavy (non-hydrogen) atoms. The molecule has 1 N–H and O–H groups in total. The van der Waals surface area contributed by atoms with Crippen LogP contribution in [0.15, 0.2) is 59.2 Å². The van der Waals surface area contributed by atoms with Crippen LogP contribution in [0.25, 0.3) is 11.3 Å². The predicted molar refractivity (Wildman–Crippen MR) is 90.5 cm³/mol. The van der Waals surface area contributed by atoms with Crippen molar-refractivity contribution in [2.75, 3.05) is 0 Å². The van der Waals surface area contributed by atoms with Crippen LogP contribution in [-0.2, 0) is 16.6 Å². The van der Waals surface area contributed by atoms with Crippen LogP contribution < -0.4 is 4.72 Å². The molecule has 118 valence electrons. The Balaban J connectivity index is 1.76. The molecule has 0 spiro atoms. The summed E-state index contributed by atoms with van der Waals surface area (Å²) >= 11 is 1.26. The molecule has 3 heterocycles. The molecule has 0 radical (unpaired) electrons. The summed E-state index contributed by atoms with van der Waals surface area (Å²) in [6, 6.07) is 10.8. The van der Waals surface area contributed by atoms with Crippen LogP contribution in [0, 0.1) is 6.92 Å². The largest absolute Gasteiger partial charge is 0.265 e. The Kier molecular flexibility index (Phi) is 4.51. The molecule has 5 nitrogen and oxygen atoms in total. The third-order valence-electron chi connectivity index (χ3n) is 3.25. The molecule has 3 aromatic rings. The molecule has 0 aliphatic carbocycles. The Morgan fingerprint density at radius 1 is 1.09 bits per heavy atom. The third-order valence-corrected chi connectivity index (χ3v) is 6.14. The summed E-state index contributed by atoms with van der Waals surface area (Å²) in [5, 5.41) is 0. The minimum Gasteiger partial charge on any atom is -0.265 e. The Labute approximate surface area is 139 Å². The first kappa shape index (κ1) is 15.8. The molecule has 0 unspecified atom stereocenters. The van der Waals surface area contributed by atoms with Crippen LogP contribution in [0.3, 0.4) is 0 Å². The van der Waals surface area contributed by atoms with Gasteiger partial charge >= 0.3 is 0 Å². The number of rotatable bonds is 5. The molecule has 3 aromatic heterocycles. The molecule has 0 atom stereocenters. The molecule has 7 heteroatoms. The van der Waals surface area contributed by atoms with E-state index in [1.807, 2.05) is 25.1 Å². The molecular weight excluding hydrogens is 330 g/mol. The number of thiophene rings is 1. The van der Waals surface area contributed by atoms with Gasteiger partial charge in [-0.05, 0) is 48.9 Å². The van der Waals surface area contributed by atoms with E-state index in [4.69, 9.17) is 0 Å². The number of pyridine rings is 2. The molecule has 0 aromatic carbocycles. The minimum absolute atomic E-state index is 0.222. The van der Waals surface area contributed by atoms with Gasteiger partial charge in [-0.2, -0.15) is 0 Å². The van der Waals surface area contributed by atoms with Crippen molar-refractivity contribution >= 4 is 21.4 Å². The molecule has 3 rings (SSSR count). The van der Waals surface area contributed by atoms with Crippen LogP contribution in [0.5, 0.6) is 0 Å². The Hall–Kier alpha value is -2.09. The zero-order valence-electron chi connectivity index (χ0n) is 12.4. The zero-order valence-corrected chi connectivity index (χ0v) is 14.1. The van der Waals surface area contributed by atoms with Crippen molar-refractivity contribution in [2.45, 2.75) is 17.7 Å². The van der Waals surface area contributed by atoms with Crippen LogP contribution >= 0.6 is 11.3 Å². The lowest BCUT2D eigenvalue weighted by atomic mass is 10.1. The lowest BCUT2D eigenvalue weighted by Gasteiger charge is -2.07. The maximum atomic E-state index is 12.2. The van der Waals surface area contributed by atoms with Crippen molar-refractivity contribution in [1.82, 2.24) is 14.7 Å². The van der Waals surface area contributed by atoms with Crippen LogP contribution in [0.1, 0.15) is 10.4 Å². The van der Waals surface area contributed by atoms with Gasteiger partial charge in [0.25, 0.3) is 0 Å². The van der Waals surface area contributed by atoms with Gasteiger partial charge in [0.15, 0.2) is 0 Å². The summed E-state index contributed by atoms with van der Waals surface area (Å²) in [7, 11) is -3.48. The van der Waals surface area contributed by atoms with Gasteiger partial charge in [-0.15, -0.1) is 11.3 Å². The molecule has 0 saturated heterocycles. The van der Waals surface area contributed by atoms with E-state index in [2.05, 4.69) is 14.7 Å². The monoisotopic (exact) mass is 345 g/mol. The number of nitrogens with zero attached hydrogens (tertiary/aromatic N) is 2. The Morgan fingerprint density at radius 3 is 2.57 bits per heavy atom. The van der Waals surface area contributed by atoms with Gasteiger partial charge in [0.1, 0.15) is 4.21 Å². The second-order valence-electron chi connectivity index (χ2n) is 4.97. The van der Waals surface area contributed by atoms with Gasteiger partial charge in [0, 0.05) is 35.6 Å². The van der Waals surface area contributed by atoms with Gasteiger partial charge in [-0.25, -0.2) is 13.1 Å². The topological polar surface area (TPSA) is 72.0 Å². The van der Waals surface area contributed by atoms with Gasteiger partial charge in [0.05, 0.1) is 5.69 Å². The van der Waals surface area contributed by atoms with E-state index in [-0.39, 0.29) is 6.54 Å². The predicted octanol–water partition coefficient (Wildman–Crippen LogP) is 2.99. The summed E-state index contributed by atoms with van der Waals surface area (Å²) in [5.74, 6) is 0. The number of hydrogen-bond donors (Lipinski definition) is 1. The minimum atomic E-state index is -3.48. The number of hydrogen-bond acceptors (Lipinski definition) is 5. The maximum absolute atomic E-state index is 12.2. The van der Waals surface area contributed by atoms with E-state index < -0.39 is 10.0 Å². The molecule has 0 fully saturated rings. The first-order valence-corrected chi connectivity index (χ1v) is 9.26. The van der Waals surface area contributed by atoms with Crippen molar-refractivity contribution in [3.63, 3.8) is 0 Å². The van der Waals surface area contributed by atoms with Crippen molar-refractivity contribution in [3.8, 4) is 11.3 Å². The third kappa shape index (κ3) is 3.82. The quantitative estimate of drug-likeness (QED) is 0.771. The highest BCUT2D eigenvalue weighted by molar-refractivity contribution is 7.91. The van der Waals surface area contributed by atoms with Gasteiger partial charge in [-0.1, -0.05) is 0 Å². The van der Waals surface area contributed by atoms with Crippen molar-refractivity contribution in [2.24, 2.45) is 0 Å². The molecule has 0 bridgehead atoms. The fourth-order valence-electron chi connectivity index (χ4n) is 2.07. The average molecular weight is 345 g/mol. The summed E-state index contributed by atoms with van der Waals surface area (Å²) in [5.41, 5.74) is 2.58. The number of aromatic nitrogens is 2. The van der Waals surface area contributed by atoms with E-state index in [9.17, 15) is 8.42 Å². The molecule has 0 aliphatic rings. The summed E-state index contributed by atoms with van der Waals surface area (Å²) in [6.45, 7) is 2.10. The van der Waals surface area contributed by atoms with Crippen LogP contribution in [0.2, 0.25) is 0 Å². The lowest BCUT2D eigenvalue weighted by Crippen LogP contribution is -2.22. The second-order valence-corrected chi connectivity index (χ2v) is 8.26. The summed E-state index contributed by atoms with van der Waals surface area (Å²) in [6.07, 6.45) is 5.08. The van der Waals surface area contributed by atoms with Crippen LogP contribution in [0.4, 0.5) is 0 Å². The highest BCUT2D eigenvalue weighted by Gasteiger charge is 2.15. The smallest absolute Gasteiger partial charge is 0.250 e. The maximum Gasteiger partial charge on any atom is 0.250 e. The average Bonchev–Trinajstić information content (AvgIpc) is 3.02. The van der Waals surface area contributed by atoms with E-state index >= 15 is 0 Å². The highest BCUT2D eigenvalue weighted by atomic mass is 32.2. The fourth-order valence-corrected chi connectivity index (χ4v) is 4.42. The van der Waals surface area contributed by atoms with Crippen molar-refractivity contribution in [1.29, 1.82) is 0 Å². The number of sulfonamides is 1. The van der Waals surface area contributed by atoms with Gasteiger partial charge in [-0.3, -0.25) is 9.97 Å². The standard InChI is InChI=1S/C16H15N3O2S2/c1-12-2-3-16(22-12)23(20,21)19-11-13-4-9-18-15(10-13)14-5-7-17-8-6-14/h2-10,19H,11H2,1H3. The highest BCUT2D eigenvalue weighted by Crippen LogP contribution is 2.21. The molecular formula is C16H15N3O2S2. The van der Waals surface area contributed by atoms with E-state index in [0.717, 1.165) is 21.7 Å². The molecule has 0 saturated carbocycles. The summed E-state index contributed by atoms with van der Waals surface area (Å²) in [4.78, 5) is 9.26. The first-order valence-electron chi connectivity index (χ1n) is 6.96. The zero-order chi connectivity index (χ0) is 16.3. The summed E-state index contributed by atoms with van der Waals surface area (Å²) < 4.78 is 27.5. The molecule has 0 amide bonds. The normalized spacial score (nSPS) is 11.5. The Morgan fingerprint density at radius 2 is 1.87 bits per heavy atom. The first-order chi connectivity index (χ1) is 11.0. The van der Waals surface area contributed by atoms with Crippen molar-refractivity contribution in [3.05, 3.63) is 65.4 Å².